The number of hydrogen-bond acceptors (Lipinski definition) is 2. The number of imidazole rings is 1. The molecule has 6 heteroatoms. The highest BCUT2D eigenvalue weighted by Crippen LogP contribution is 2.31. The van der Waals surface area contributed by atoms with Gasteiger partial charge in [0.25, 0.3) is 5.82 Å². The zero-order valence-corrected chi connectivity index (χ0v) is 17.6. The zero-order valence-electron chi connectivity index (χ0n) is 14.6. The molecule has 2 aromatic rings. The van der Waals surface area contributed by atoms with Crippen molar-refractivity contribution in [1.82, 2.24) is 9.47 Å². The van der Waals surface area contributed by atoms with E-state index in [1.54, 1.807) is 12.1 Å². The summed E-state index contributed by atoms with van der Waals surface area (Å²) in [4.78, 5) is 2.43. The minimum Gasteiger partial charge on any atom is -1.00 e. The summed E-state index contributed by atoms with van der Waals surface area (Å²) >= 11 is 1.94. The van der Waals surface area contributed by atoms with Crippen LogP contribution in [0, 0.1) is 5.82 Å². The molecule has 0 N–H and O–H groups in total. The summed E-state index contributed by atoms with van der Waals surface area (Å²) in [6, 6.07) is 5.13. The van der Waals surface area contributed by atoms with E-state index in [2.05, 4.69) is 40.0 Å². The third-order valence-electron chi connectivity index (χ3n) is 4.97. The van der Waals surface area contributed by atoms with Crippen molar-refractivity contribution in [1.29, 1.82) is 0 Å². The maximum atomic E-state index is 13.7. The average molecular weight is 471 g/mol. The van der Waals surface area contributed by atoms with Gasteiger partial charge >= 0.3 is 0 Å². The van der Waals surface area contributed by atoms with Gasteiger partial charge in [-0.1, -0.05) is 0 Å². The van der Waals surface area contributed by atoms with E-state index in [0.717, 1.165) is 43.6 Å². The first-order chi connectivity index (χ1) is 11.7. The van der Waals surface area contributed by atoms with Crippen molar-refractivity contribution >= 4 is 28.4 Å². The molecule has 0 atom stereocenters. The van der Waals surface area contributed by atoms with Crippen LogP contribution in [0.25, 0.3) is 16.6 Å². The van der Waals surface area contributed by atoms with E-state index >= 15 is 0 Å². The first-order valence-corrected chi connectivity index (χ1v) is 9.72. The molecule has 1 fully saturated rings. The van der Waals surface area contributed by atoms with Crippen LogP contribution in [-0.2, 0) is 13.1 Å². The molecule has 0 unspecified atom stereocenters. The van der Waals surface area contributed by atoms with E-state index in [0.29, 0.717) is 0 Å². The molecule has 0 bridgehead atoms. The third kappa shape index (κ3) is 3.23. The molecule has 1 saturated heterocycles. The number of nitrogens with zero attached hydrogens (tertiary/aromatic N) is 3. The quantitative estimate of drug-likeness (QED) is 0.485. The zero-order chi connectivity index (χ0) is 16.7. The molecule has 3 nitrogen and oxygen atoms in total. The largest absolute Gasteiger partial charge is 1.00 e. The summed E-state index contributed by atoms with van der Waals surface area (Å²) in [5, 5.41) is 1.37. The van der Waals surface area contributed by atoms with Crippen LogP contribution in [-0.4, -0.2) is 28.3 Å². The van der Waals surface area contributed by atoms with E-state index in [-0.39, 0.29) is 29.8 Å². The van der Waals surface area contributed by atoms with Gasteiger partial charge in [-0.25, -0.2) is 13.5 Å². The van der Waals surface area contributed by atoms with E-state index in [9.17, 15) is 4.39 Å². The number of allylic oxidation sites excluding steroid dienone is 3. The summed E-state index contributed by atoms with van der Waals surface area (Å²) in [6.07, 6.45) is 5.59. The predicted octanol–water partition coefficient (Wildman–Crippen LogP) is 0.789. The number of aryl methyl sites for hydroxylation is 2. The Kier molecular flexibility index (Phi) is 5.78. The number of aromatic nitrogens is 2. The highest BCUT2D eigenvalue weighted by atomic mass is 127. The Morgan fingerprint density at radius 2 is 2.08 bits per heavy atom. The Morgan fingerprint density at radius 1 is 1.24 bits per heavy atom. The Balaban J connectivity index is 0.00000182. The number of benzene rings is 1. The molecule has 0 radical (unpaired) electrons. The SMILES string of the molecule is CCN1CCSC1=CC=C1CC[n+]2c1n(CC)c1cc(F)ccc12.[I-]. The molecule has 0 saturated carbocycles. The first-order valence-electron chi connectivity index (χ1n) is 8.73. The lowest BCUT2D eigenvalue weighted by molar-refractivity contribution is -0.664. The molecular weight excluding hydrogens is 448 g/mol. The van der Waals surface area contributed by atoms with Gasteiger partial charge in [-0.05, 0) is 38.1 Å². The van der Waals surface area contributed by atoms with Crippen LogP contribution < -0.4 is 28.5 Å². The van der Waals surface area contributed by atoms with E-state index in [1.165, 1.54) is 22.2 Å². The van der Waals surface area contributed by atoms with Crippen LogP contribution >= 0.6 is 11.8 Å². The van der Waals surface area contributed by atoms with Gasteiger partial charge < -0.3 is 28.9 Å². The van der Waals surface area contributed by atoms with Crippen molar-refractivity contribution < 1.29 is 32.9 Å². The Hall–Kier alpha value is -1.02. The van der Waals surface area contributed by atoms with E-state index in [4.69, 9.17) is 0 Å². The van der Waals surface area contributed by atoms with Crippen LogP contribution in [0.15, 0.2) is 35.4 Å². The second-order valence-electron chi connectivity index (χ2n) is 6.23. The van der Waals surface area contributed by atoms with Gasteiger partial charge in [0.15, 0.2) is 11.0 Å². The standard InChI is InChI=1S/C19H23FN3S.HI/c1-3-21-11-12-24-18(21)8-5-14-9-10-23-16-7-6-15(20)13-17(16)22(4-2)19(14)23;/h5-8,13H,3-4,9-12H2,1-2H3;1H/q+1;/p-1. The molecule has 134 valence electrons. The van der Waals surface area contributed by atoms with Gasteiger partial charge in [0, 0.05) is 36.9 Å². The normalized spacial score (nSPS) is 19.9. The van der Waals surface area contributed by atoms with Gasteiger partial charge in [0.05, 0.1) is 18.1 Å². The molecule has 3 heterocycles. The summed E-state index contributed by atoms with van der Waals surface area (Å²) in [5.74, 6) is 2.25. The van der Waals surface area contributed by atoms with Crippen molar-refractivity contribution in [2.75, 3.05) is 18.8 Å². The van der Waals surface area contributed by atoms with Crippen LogP contribution in [0.5, 0.6) is 0 Å². The van der Waals surface area contributed by atoms with Crippen molar-refractivity contribution in [3.8, 4) is 0 Å². The van der Waals surface area contributed by atoms with Gasteiger partial charge in [-0.15, -0.1) is 11.8 Å². The lowest BCUT2D eigenvalue weighted by Crippen LogP contribution is -3.00. The first kappa shape index (κ1) is 18.8. The van der Waals surface area contributed by atoms with Crippen LogP contribution in [0.3, 0.4) is 0 Å². The highest BCUT2D eigenvalue weighted by molar-refractivity contribution is 8.03. The molecule has 2 aliphatic rings. The molecule has 4 rings (SSSR count). The molecule has 25 heavy (non-hydrogen) atoms. The molecule has 1 aromatic carbocycles. The van der Waals surface area contributed by atoms with Crippen molar-refractivity contribution in [2.24, 2.45) is 0 Å². The number of halogens is 2. The monoisotopic (exact) mass is 471 g/mol. The lowest BCUT2D eigenvalue weighted by atomic mass is 10.2. The number of hydrogen-bond donors (Lipinski definition) is 0. The molecule has 1 aromatic heterocycles. The Bertz CT molecular complexity index is 856. The second-order valence-corrected chi connectivity index (χ2v) is 7.34. The predicted molar refractivity (Wildman–Crippen MR) is 98.1 cm³/mol. The maximum Gasteiger partial charge on any atom is 0.285 e. The molecule has 2 aliphatic heterocycles. The van der Waals surface area contributed by atoms with Crippen LogP contribution in [0.4, 0.5) is 4.39 Å². The maximum absolute atomic E-state index is 13.7. The van der Waals surface area contributed by atoms with Crippen LogP contribution in [0.1, 0.15) is 26.1 Å². The fourth-order valence-corrected chi connectivity index (χ4v) is 4.90. The topological polar surface area (TPSA) is 12.1 Å². The van der Waals surface area contributed by atoms with Crippen molar-refractivity contribution in [3.63, 3.8) is 0 Å². The second kappa shape index (κ2) is 7.70. The summed E-state index contributed by atoms with van der Waals surface area (Å²) in [5.41, 5.74) is 3.48. The third-order valence-corrected chi connectivity index (χ3v) is 6.05. The molecule has 0 amide bonds. The minimum atomic E-state index is -0.164. The van der Waals surface area contributed by atoms with E-state index in [1.807, 2.05) is 17.8 Å². The van der Waals surface area contributed by atoms with Gasteiger partial charge in [0.2, 0.25) is 0 Å². The molecule has 0 aliphatic carbocycles. The number of thioether (sulfide) groups is 1. The van der Waals surface area contributed by atoms with Gasteiger partial charge in [0.1, 0.15) is 5.82 Å². The average Bonchev–Trinajstić information content (AvgIpc) is 3.26. The minimum absolute atomic E-state index is 0. The van der Waals surface area contributed by atoms with Gasteiger partial charge in [-0.3, -0.25) is 0 Å². The molecular formula is C19H23FIN3S. The highest BCUT2D eigenvalue weighted by Gasteiger charge is 2.32. The van der Waals surface area contributed by atoms with Gasteiger partial charge in [-0.2, -0.15) is 0 Å². The smallest absolute Gasteiger partial charge is 0.285 e. The summed E-state index contributed by atoms with van der Waals surface area (Å²) in [6.45, 7) is 8.38. The Labute approximate surface area is 169 Å². The van der Waals surface area contributed by atoms with Crippen molar-refractivity contribution in [2.45, 2.75) is 33.4 Å². The summed E-state index contributed by atoms with van der Waals surface area (Å²) in [7, 11) is 0. The number of fused-ring (bicyclic) bond motifs is 3. The number of rotatable bonds is 3. The summed E-state index contributed by atoms with van der Waals surface area (Å²) < 4.78 is 18.3. The molecule has 0 spiro atoms. The van der Waals surface area contributed by atoms with Crippen molar-refractivity contribution in [3.05, 3.63) is 47.0 Å². The fourth-order valence-electron chi connectivity index (χ4n) is 3.81. The fraction of sp³-hybridized carbons (Fsp3) is 0.421. The van der Waals surface area contributed by atoms with E-state index < -0.39 is 0 Å². The lowest BCUT2D eigenvalue weighted by Gasteiger charge is -2.15. The van der Waals surface area contributed by atoms with Crippen LogP contribution in [0.2, 0.25) is 0 Å². The Morgan fingerprint density at radius 3 is 2.84 bits per heavy atom.